The summed E-state index contributed by atoms with van der Waals surface area (Å²) in [6.45, 7) is 9.73. The molecule has 1 saturated heterocycles. The zero-order valence-electron chi connectivity index (χ0n) is 16.7. The first-order valence-corrected chi connectivity index (χ1v) is 9.90. The SMILES string of the molecule is CCc1nccn1CCN1CCN(CC(=O)Nc2ccc(C(C)=O)cc2)CC1. The van der Waals surface area contributed by atoms with Crippen LogP contribution in [0.4, 0.5) is 5.69 Å². The predicted molar refractivity (Wildman–Crippen MR) is 110 cm³/mol. The summed E-state index contributed by atoms with van der Waals surface area (Å²) in [6, 6.07) is 7.02. The van der Waals surface area contributed by atoms with E-state index in [4.69, 9.17) is 0 Å². The molecule has 0 aliphatic carbocycles. The number of carbonyl (C=O) groups excluding carboxylic acids is 2. The van der Waals surface area contributed by atoms with Crippen LogP contribution in [0.3, 0.4) is 0 Å². The van der Waals surface area contributed by atoms with Gasteiger partial charge in [-0.1, -0.05) is 6.92 Å². The lowest BCUT2D eigenvalue weighted by Crippen LogP contribution is -2.49. The van der Waals surface area contributed by atoms with E-state index in [0.29, 0.717) is 12.1 Å². The van der Waals surface area contributed by atoms with E-state index in [1.807, 2.05) is 12.4 Å². The molecule has 0 bridgehead atoms. The smallest absolute Gasteiger partial charge is 0.238 e. The number of carbonyl (C=O) groups is 2. The van der Waals surface area contributed by atoms with E-state index in [1.165, 1.54) is 6.92 Å². The summed E-state index contributed by atoms with van der Waals surface area (Å²) >= 11 is 0. The normalized spacial score (nSPS) is 15.5. The van der Waals surface area contributed by atoms with Crippen molar-refractivity contribution in [1.29, 1.82) is 0 Å². The highest BCUT2D eigenvalue weighted by Gasteiger charge is 2.19. The average Bonchev–Trinajstić information content (AvgIpc) is 3.15. The fourth-order valence-electron chi connectivity index (χ4n) is 3.47. The van der Waals surface area contributed by atoms with E-state index >= 15 is 0 Å². The van der Waals surface area contributed by atoms with Gasteiger partial charge in [-0.3, -0.25) is 19.4 Å². The quantitative estimate of drug-likeness (QED) is 0.705. The Morgan fingerprint density at radius 1 is 1.04 bits per heavy atom. The van der Waals surface area contributed by atoms with Gasteiger partial charge < -0.3 is 9.88 Å². The lowest BCUT2D eigenvalue weighted by atomic mass is 10.1. The second-order valence-electron chi connectivity index (χ2n) is 7.19. The van der Waals surface area contributed by atoms with E-state index in [9.17, 15) is 9.59 Å². The maximum atomic E-state index is 12.3. The van der Waals surface area contributed by atoms with E-state index in [0.717, 1.165) is 57.2 Å². The van der Waals surface area contributed by atoms with Gasteiger partial charge in [0.05, 0.1) is 6.54 Å². The zero-order valence-corrected chi connectivity index (χ0v) is 16.7. The first kappa shape index (κ1) is 20.2. The van der Waals surface area contributed by atoms with Gasteiger partial charge in [0.2, 0.25) is 5.91 Å². The van der Waals surface area contributed by atoms with Crippen molar-refractivity contribution < 1.29 is 9.59 Å². The van der Waals surface area contributed by atoms with Crippen LogP contribution in [-0.2, 0) is 17.8 Å². The van der Waals surface area contributed by atoms with E-state index in [2.05, 4.69) is 31.6 Å². The van der Waals surface area contributed by atoms with Crippen LogP contribution in [0.5, 0.6) is 0 Å². The van der Waals surface area contributed by atoms with Gasteiger partial charge >= 0.3 is 0 Å². The van der Waals surface area contributed by atoms with Gasteiger partial charge in [0.25, 0.3) is 0 Å². The van der Waals surface area contributed by atoms with Gasteiger partial charge in [-0.25, -0.2) is 4.98 Å². The minimum Gasteiger partial charge on any atom is -0.334 e. The molecule has 0 radical (unpaired) electrons. The lowest BCUT2D eigenvalue weighted by Gasteiger charge is -2.34. The summed E-state index contributed by atoms with van der Waals surface area (Å²) in [5.74, 6) is 1.14. The van der Waals surface area contributed by atoms with Crippen molar-refractivity contribution in [3.63, 3.8) is 0 Å². The number of aryl methyl sites for hydroxylation is 1. The number of hydrogen-bond donors (Lipinski definition) is 1. The molecule has 1 aromatic heterocycles. The molecule has 1 N–H and O–H groups in total. The number of anilines is 1. The van der Waals surface area contributed by atoms with Crippen molar-refractivity contribution in [3.05, 3.63) is 48.0 Å². The molecule has 0 unspecified atom stereocenters. The summed E-state index contributed by atoms with van der Waals surface area (Å²) in [6.07, 6.45) is 4.86. The van der Waals surface area contributed by atoms with Crippen LogP contribution < -0.4 is 5.32 Å². The number of aromatic nitrogens is 2. The topological polar surface area (TPSA) is 70.5 Å². The Hall–Kier alpha value is -2.51. The first-order valence-electron chi connectivity index (χ1n) is 9.90. The van der Waals surface area contributed by atoms with Crippen molar-refractivity contribution in [1.82, 2.24) is 19.4 Å². The fourth-order valence-corrected chi connectivity index (χ4v) is 3.47. The summed E-state index contributed by atoms with van der Waals surface area (Å²) in [7, 11) is 0. The monoisotopic (exact) mass is 383 g/mol. The van der Waals surface area contributed by atoms with Crippen LogP contribution >= 0.6 is 0 Å². The third-order valence-corrected chi connectivity index (χ3v) is 5.18. The molecule has 1 amide bonds. The minimum absolute atomic E-state index is 0.0185. The molecule has 0 atom stereocenters. The molecule has 0 spiro atoms. The fraction of sp³-hybridized carbons (Fsp3) is 0.476. The molecule has 2 heterocycles. The standard InChI is InChI=1S/C21H29N5O2/c1-3-20-22-8-9-26(20)15-14-24-10-12-25(13-11-24)16-21(28)23-19-6-4-18(5-7-19)17(2)27/h4-9H,3,10-16H2,1-2H3,(H,23,28). The largest absolute Gasteiger partial charge is 0.334 e. The molecule has 0 saturated carbocycles. The van der Waals surface area contributed by atoms with Gasteiger partial charge in [-0.05, 0) is 31.2 Å². The first-order chi connectivity index (χ1) is 13.5. The Bertz CT molecular complexity index is 791. The van der Waals surface area contributed by atoms with Crippen molar-refractivity contribution in [2.45, 2.75) is 26.8 Å². The minimum atomic E-state index is -0.0185. The molecular weight excluding hydrogens is 354 g/mol. The van der Waals surface area contributed by atoms with Gasteiger partial charge in [0.15, 0.2) is 5.78 Å². The van der Waals surface area contributed by atoms with Crippen molar-refractivity contribution in [2.24, 2.45) is 0 Å². The number of piperazine rings is 1. The molecule has 7 heteroatoms. The molecule has 3 rings (SSSR count). The van der Waals surface area contributed by atoms with Crippen LogP contribution in [0, 0.1) is 0 Å². The Balaban J connectivity index is 1.38. The van der Waals surface area contributed by atoms with E-state index < -0.39 is 0 Å². The highest BCUT2D eigenvalue weighted by molar-refractivity contribution is 5.96. The van der Waals surface area contributed by atoms with E-state index in [-0.39, 0.29) is 11.7 Å². The second-order valence-corrected chi connectivity index (χ2v) is 7.19. The Kier molecular flexibility index (Phi) is 6.95. The Morgan fingerprint density at radius 2 is 1.71 bits per heavy atom. The molecule has 7 nitrogen and oxygen atoms in total. The predicted octanol–water partition coefficient (Wildman–Crippen LogP) is 1.90. The highest BCUT2D eigenvalue weighted by atomic mass is 16.2. The van der Waals surface area contributed by atoms with Crippen molar-refractivity contribution >= 4 is 17.4 Å². The summed E-state index contributed by atoms with van der Waals surface area (Å²) in [5, 5.41) is 2.91. The summed E-state index contributed by atoms with van der Waals surface area (Å²) in [4.78, 5) is 32.6. The molecule has 1 aliphatic heterocycles. The van der Waals surface area contributed by atoms with Crippen LogP contribution in [0.25, 0.3) is 0 Å². The number of nitrogens with zero attached hydrogens (tertiary/aromatic N) is 4. The maximum Gasteiger partial charge on any atom is 0.238 e. The molecule has 1 aromatic carbocycles. The molecule has 28 heavy (non-hydrogen) atoms. The number of ketones is 1. The Morgan fingerprint density at radius 3 is 2.36 bits per heavy atom. The number of benzene rings is 1. The second kappa shape index (κ2) is 9.61. The third kappa shape index (κ3) is 5.50. The molecule has 2 aromatic rings. The van der Waals surface area contributed by atoms with Gasteiger partial charge in [0.1, 0.15) is 5.82 Å². The highest BCUT2D eigenvalue weighted by Crippen LogP contribution is 2.10. The van der Waals surface area contributed by atoms with Gasteiger partial charge in [-0.15, -0.1) is 0 Å². The number of Topliss-reactive ketones (excluding diaryl/α,β-unsaturated/α-hetero) is 1. The number of rotatable bonds is 8. The lowest BCUT2D eigenvalue weighted by molar-refractivity contribution is -0.117. The molecular formula is C21H29N5O2. The Labute approximate surface area is 166 Å². The average molecular weight is 383 g/mol. The van der Waals surface area contributed by atoms with Crippen LogP contribution in [0.2, 0.25) is 0 Å². The summed E-state index contributed by atoms with van der Waals surface area (Å²) in [5.41, 5.74) is 1.37. The third-order valence-electron chi connectivity index (χ3n) is 5.18. The molecule has 1 aliphatic rings. The van der Waals surface area contributed by atoms with Crippen LogP contribution in [0.15, 0.2) is 36.7 Å². The number of imidazole rings is 1. The number of amides is 1. The van der Waals surface area contributed by atoms with Crippen LogP contribution in [-0.4, -0.2) is 70.3 Å². The van der Waals surface area contributed by atoms with Crippen molar-refractivity contribution in [3.8, 4) is 0 Å². The maximum absolute atomic E-state index is 12.3. The number of hydrogen-bond acceptors (Lipinski definition) is 5. The van der Waals surface area contributed by atoms with Gasteiger partial charge in [-0.2, -0.15) is 0 Å². The summed E-state index contributed by atoms with van der Waals surface area (Å²) < 4.78 is 2.22. The van der Waals surface area contributed by atoms with Gasteiger partial charge in [0, 0.05) is 69.3 Å². The van der Waals surface area contributed by atoms with Crippen molar-refractivity contribution in [2.75, 3.05) is 44.6 Å². The zero-order chi connectivity index (χ0) is 19.9. The molecule has 150 valence electrons. The number of nitrogens with one attached hydrogen (secondary N) is 1. The van der Waals surface area contributed by atoms with Crippen LogP contribution in [0.1, 0.15) is 30.0 Å². The van der Waals surface area contributed by atoms with E-state index in [1.54, 1.807) is 24.3 Å². The molecule has 1 fully saturated rings.